The molecule has 1 N–H and O–H groups in total. The number of amides is 1. The van der Waals surface area contributed by atoms with Crippen molar-refractivity contribution in [2.24, 2.45) is 0 Å². The van der Waals surface area contributed by atoms with E-state index in [1.807, 2.05) is 0 Å². The van der Waals surface area contributed by atoms with Gasteiger partial charge in [0.15, 0.2) is 0 Å². The topological polar surface area (TPSA) is 40.5 Å². The van der Waals surface area contributed by atoms with Crippen LogP contribution in [0.25, 0.3) is 0 Å². The second-order valence-electron chi connectivity index (χ2n) is 5.82. The Balaban J connectivity index is 3.18. The Bertz CT molecular complexity index is 219. The van der Waals surface area contributed by atoms with Crippen molar-refractivity contribution in [3.05, 3.63) is 0 Å². The van der Waals surface area contributed by atoms with Crippen LogP contribution >= 0.6 is 0 Å². The molecule has 0 aromatic heterocycles. The second kappa shape index (κ2) is 14.8. The van der Waals surface area contributed by atoms with Crippen LogP contribution in [0, 0.1) is 0 Å². The fraction of sp³-hybridized carbons (Fsp3) is 0.941. The Morgan fingerprint density at radius 1 is 0.850 bits per heavy atom. The molecule has 0 saturated heterocycles. The lowest BCUT2D eigenvalue weighted by Crippen LogP contribution is -2.29. The first-order valence-corrected chi connectivity index (χ1v) is 8.57. The van der Waals surface area contributed by atoms with E-state index in [4.69, 9.17) is 5.11 Å². The first-order valence-electron chi connectivity index (χ1n) is 8.57. The molecule has 120 valence electrons. The van der Waals surface area contributed by atoms with Crippen LogP contribution in [0.3, 0.4) is 0 Å². The SMILES string of the molecule is CCCCCCCCCCCCCC(=O)N(C)CCO. The molecule has 0 aliphatic carbocycles. The molecule has 0 saturated carbocycles. The zero-order valence-corrected chi connectivity index (χ0v) is 13.7. The molecule has 0 aliphatic rings. The zero-order chi connectivity index (χ0) is 15.1. The molecular formula is C17H35NO2. The molecular weight excluding hydrogens is 250 g/mol. The summed E-state index contributed by atoms with van der Waals surface area (Å²) in [6.45, 7) is 2.77. The van der Waals surface area contributed by atoms with Gasteiger partial charge in [-0.2, -0.15) is 0 Å². The van der Waals surface area contributed by atoms with Crippen LogP contribution in [0.5, 0.6) is 0 Å². The highest BCUT2D eigenvalue weighted by Crippen LogP contribution is 2.12. The number of hydrogen-bond donors (Lipinski definition) is 1. The Labute approximate surface area is 125 Å². The number of carbonyl (C=O) groups excluding carboxylic acids is 1. The normalized spacial score (nSPS) is 10.8. The summed E-state index contributed by atoms with van der Waals surface area (Å²) in [5.74, 6) is 0.162. The molecule has 0 aliphatic heterocycles. The Morgan fingerprint density at radius 2 is 1.30 bits per heavy atom. The third-order valence-electron chi connectivity index (χ3n) is 3.86. The van der Waals surface area contributed by atoms with Gasteiger partial charge in [-0.15, -0.1) is 0 Å². The van der Waals surface area contributed by atoms with Crippen molar-refractivity contribution in [1.29, 1.82) is 0 Å². The average molecular weight is 285 g/mol. The Kier molecular flexibility index (Phi) is 14.4. The maximum atomic E-state index is 11.6. The number of unbranched alkanes of at least 4 members (excludes halogenated alkanes) is 10. The molecule has 0 spiro atoms. The molecule has 0 rings (SSSR count). The van der Waals surface area contributed by atoms with Gasteiger partial charge in [0.2, 0.25) is 5.91 Å². The first-order chi connectivity index (χ1) is 9.72. The molecule has 0 unspecified atom stereocenters. The van der Waals surface area contributed by atoms with Crippen molar-refractivity contribution < 1.29 is 9.90 Å². The van der Waals surface area contributed by atoms with Gasteiger partial charge in [0.05, 0.1) is 6.61 Å². The highest BCUT2D eigenvalue weighted by Gasteiger charge is 2.06. The third-order valence-corrected chi connectivity index (χ3v) is 3.86. The van der Waals surface area contributed by atoms with Crippen molar-refractivity contribution in [1.82, 2.24) is 4.90 Å². The van der Waals surface area contributed by atoms with E-state index in [0.717, 1.165) is 12.8 Å². The smallest absolute Gasteiger partial charge is 0.222 e. The number of likely N-dealkylation sites (N-methyl/N-ethyl adjacent to an activating group) is 1. The van der Waals surface area contributed by atoms with Gasteiger partial charge in [-0.25, -0.2) is 0 Å². The standard InChI is InChI=1S/C17H35NO2/c1-3-4-5-6-7-8-9-10-11-12-13-14-17(20)18(2)15-16-19/h19H,3-16H2,1-2H3. The fourth-order valence-electron chi connectivity index (χ4n) is 2.41. The molecule has 20 heavy (non-hydrogen) atoms. The van der Waals surface area contributed by atoms with Crippen LogP contribution in [-0.2, 0) is 4.79 Å². The zero-order valence-electron chi connectivity index (χ0n) is 13.7. The molecule has 0 aromatic rings. The molecule has 0 radical (unpaired) electrons. The highest BCUT2D eigenvalue weighted by atomic mass is 16.3. The van der Waals surface area contributed by atoms with E-state index in [9.17, 15) is 4.79 Å². The summed E-state index contributed by atoms with van der Waals surface area (Å²) in [6.07, 6.45) is 15.0. The van der Waals surface area contributed by atoms with Crippen LogP contribution in [-0.4, -0.2) is 36.1 Å². The summed E-state index contributed by atoms with van der Waals surface area (Å²) in [5, 5.41) is 8.75. The third kappa shape index (κ3) is 12.5. The molecule has 0 atom stereocenters. The summed E-state index contributed by atoms with van der Waals surface area (Å²) in [6, 6.07) is 0. The molecule has 0 bridgehead atoms. The summed E-state index contributed by atoms with van der Waals surface area (Å²) < 4.78 is 0. The van der Waals surface area contributed by atoms with Gasteiger partial charge >= 0.3 is 0 Å². The number of nitrogens with zero attached hydrogens (tertiary/aromatic N) is 1. The molecule has 1 amide bonds. The molecule has 3 heteroatoms. The number of aliphatic hydroxyl groups excluding tert-OH is 1. The predicted octanol–water partition coefficient (Wildman–Crippen LogP) is 4.14. The summed E-state index contributed by atoms with van der Waals surface area (Å²) in [5.41, 5.74) is 0. The van der Waals surface area contributed by atoms with Crippen molar-refractivity contribution >= 4 is 5.91 Å². The van der Waals surface area contributed by atoms with E-state index >= 15 is 0 Å². The summed E-state index contributed by atoms with van der Waals surface area (Å²) in [4.78, 5) is 13.2. The van der Waals surface area contributed by atoms with Gasteiger partial charge in [0, 0.05) is 20.0 Å². The van der Waals surface area contributed by atoms with E-state index in [2.05, 4.69) is 6.92 Å². The van der Waals surface area contributed by atoms with E-state index < -0.39 is 0 Å². The number of rotatable bonds is 14. The van der Waals surface area contributed by atoms with E-state index in [1.165, 1.54) is 57.8 Å². The van der Waals surface area contributed by atoms with Crippen molar-refractivity contribution in [2.45, 2.75) is 84.0 Å². The van der Waals surface area contributed by atoms with E-state index in [0.29, 0.717) is 13.0 Å². The number of aliphatic hydroxyl groups is 1. The van der Waals surface area contributed by atoms with Gasteiger partial charge in [-0.05, 0) is 6.42 Å². The maximum absolute atomic E-state index is 11.6. The lowest BCUT2D eigenvalue weighted by molar-refractivity contribution is -0.130. The van der Waals surface area contributed by atoms with Crippen molar-refractivity contribution in [3.8, 4) is 0 Å². The Hall–Kier alpha value is -0.570. The van der Waals surface area contributed by atoms with Crippen LogP contribution in [0.4, 0.5) is 0 Å². The van der Waals surface area contributed by atoms with E-state index in [-0.39, 0.29) is 12.5 Å². The van der Waals surface area contributed by atoms with Gasteiger partial charge in [0.25, 0.3) is 0 Å². The lowest BCUT2D eigenvalue weighted by Gasteiger charge is -2.15. The highest BCUT2D eigenvalue weighted by molar-refractivity contribution is 5.75. The Morgan fingerprint density at radius 3 is 1.75 bits per heavy atom. The number of carbonyl (C=O) groups is 1. The van der Waals surface area contributed by atoms with Crippen LogP contribution < -0.4 is 0 Å². The first kappa shape index (κ1) is 19.4. The summed E-state index contributed by atoms with van der Waals surface area (Å²) >= 11 is 0. The van der Waals surface area contributed by atoms with Gasteiger partial charge in [0.1, 0.15) is 0 Å². The minimum absolute atomic E-state index is 0.0560. The van der Waals surface area contributed by atoms with Crippen LogP contribution in [0.1, 0.15) is 84.0 Å². The van der Waals surface area contributed by atoms with Crippen LogP contribution in [0.2, 0.25) is 0 Å². The molecule has 0 aromatic carbocycles. The van der Waals surface area contributed by atoms with Crippen molar-refractivity contribution in [2.75, 3.05) is 20.2 Å². The van der Waals surface area contributed by atoms with E-state index in [1.54, 1.807) is 11.9 Å². The second-order valence-corrected chi connectivity index (χ2v) is 5.82. The fourth-order valence-corrected chi connectivity index (χ4v) is 2.41. The summed E-state index contributed by atoms with van der Waals surface area (Å²) in [7, 11) is 1.76. The maximum Gasteiger partial charge on any atom is 0.222 e. The monoisotopic (exact) mass is 285 g/mol. The quantitative estimate of drug-likeness (QED) is 0.487. The predicted molar refractivity (Wildman–Crippen MR) is 85.8 cm³/mol. The minimum atomic E-state index is 0.0560. The van der Waals surface area contributed by atoms with Gasteiger partial charge in [-0.1, -0.05) is 71.1 Å². The average Bonchev–Trinajstić information content (AvgIpc) is 2.44. The van der Waals surface area contributed by atoms with Crippen LogP contribution in [0.15, 0.2) is 0 Å². The van der Waals surface area contributed by atoms with Gasteiger partial charge in [-0.3, -0.25) is 4.79 Å². The lowest BCUT2D eigenvalue weighted by atomic mass is 10.1. The molecule has 0 fully saturated rings. The minimum Gasteiger partial charge on any atom is -0.395 e. The number of hydrogen-bond acceptors (Lipinski definition) is 2. The molecule has 3 nitrogen and oxygen atoms in total. The van der Waals surface area contributed by atoms with Gasteiger partial charge < -0.3 is 10.0 Å². The molecule has 0 heterocycles. The van der Waals surface area contributed by atoms with Crippen molar-refractivity contribution in [3.63, 3.8) is 0 Å². The largest absolute Gasteiger partial charge is 0.395 e.